The Morgan fingerprint density at radius 3 is 2.50 bits per heavy atom. The van der Waals surface area contributed by atoms with Crippen LogP contribution in [-0.2, 0) is 4.74 Å². The van der Waals surface area contributed by atoms with Crippen LogP contribution in [0.25, 0.3) is 11.5 Å². The molecule has 126 valence electrons. The molecule has 0 unspecified atom stereocenters. The van der Waals surface area contributed by atoms with Gasteiger partial charge in [-0.15, -0.1) is 0 Å². The molecule has 0 radical (unpaired) electrons. The maximum Gasteiger partial charge on any atom is 0.235 e. The highest BCUT2D eigenvalue weighted by Gasteiger charge is 2.28. The molecule has 1 saturated heterocycles. The molecule has 1 aromatic carbocycles. The lowest BCUT2D eigenvalue weighted by atomic mass is 10.2. The lowest BCUT2D eigenvalue weighted by molar-refractivity contribution is -0.00638. The Bertz CT molecular complexity index is 723. The van der Waals surface area contributed by atoms with Crippen LogP contribution in [0.5, 0.6) is 5.75 Å². The number of rotatable bonds is 4. The van der Waals surface area contributed by atoms with Gasteiger partial charge in [-0.1, -0.05) is 0 Å². The summed E-state index contributed by atoms with van der Waals surface area (Å²) < 4.78 is 17.1. The number of nitriles is 1. The maximum atomic E-state index is 9.40. The van der Waals surface area contributed by atoms with E-state index in [1.54, 1.807) is 0 Å². The van der Waals surface area contributed by atoms with Crippen molar-refractivity contribution in [3.63, 3.8) is 0 Å². The average Bonchev–Trinajstić information content (AvgIpc) is 2.99. The molecule has 0 saturated carbocycles. The van der Waals surface area contributed by atoms with E-state index in [0.29, 0.717) is 37.2 Å². The fraction of sp³-hybridized carbons (Fsp3) is 0.444. The number of nitrogens with zero attached hydrogens (tertiary/aromatic N) is 3. The highest BCUT2D eigenvalue weighted by molar-refractivity contribution is 5.60. The molecule has 6 nitrogen and oxygen atoms in total. The van der Waals surface area contributed by atoms with Crippen LogP contribution in [-0.4, -0.2) is 36.9 Å². The van der Waals surface area contributed by atoms with Gasteiger partial charge >= 0.3 is 0 Å². The summed E-state index contributed by atoms with van der Waals surface area (Å²) >= 11 is 0. The molecule has 2 aromatic rings. The van der Waals surface area contributed by atoms with Crippen molar-refractivity contribution in [2.75, 3.05) is 24.6 Å². The number of oxazole rings is 1. The van der Waals surface area contributed by atoms with E-state index >= 15 is 0 Å². The summed E-state index contributed by atoms with van der Waals surface area (Å²) in [6.07, 6.45) is 0.165. The molecule has 0 spiro atoms. The third-order valence-corrected chi connectivity index (χ3v) is 3.83. The van der Waals surface area contributed by atoms with Crippen LogP contribution < -0.4 is 9.64 Å². The van der Waals surface area contributed by atoms with Crippen molar-refractivity contribution < 1.29 is 13.9 Å². The van der Waals surface area contributed by atoms with Gasteiger partial charge < -0.3 is 18.8 Å². The minimum Gasteiger partial charge on any atom is -0.494 e. The maximum absolute atomic E-state index is 9.40. The molecule has 2 atom stereocenters. The van der Waals surface area contributed by atoms with Crippen LogP contribution in [0, 0.1) is 11.3 Å². The molecular weight excluding hydrogens is 306 g/mol. The van der Waals surface area contributed by atoms with Gasteiger partial charge in [-0.25, -0.2) is 0 Å². The molecule has 6 heteroatoms. The Morgan fingerprint density at radius 1 is 1.25 bits per heavy atom. The first kappa shape index (κ1) is 16.3. The Kier molecular flexibility index (Phi) is 4.72. The molecule has 0 aliphatic carbocycles. The standard InChI is InChI=1S/C18H21N3O3/c1-4-22-15-7-5-14(6-8-15)17-20-16(9-19)18(24-17)21-10-12(2)23-13(3)11-21/h5-8,12-13H,4,10-11H2,1-3H3/t12-,13+. The number of hydrogen-bond donors (Lipinski definition) is 0. The van der Waals surface area contributed by atoms with E-state index in [-0.39, 0.29) is 12.2 Å². The van der Waals surface area contributed by atoms with Crippen LogP contribution in [0.2, 0.25) is 0 Å². The van der Waals surface area contributed by atoms with Crippen molar-refractivity contribution in [2.45, 2.75) is 33.0 Å². The van der Waals surface area contributed by atoms with E-state index in [0.717, 1.165) is 11.3 Å². The highest BCUT2D eigenvalue weighted by Crippen LogP contribution is 2.30. The van der Waals surface area contributed by atoms with Crippen molar-refractivity contribution in [1.82, 2.24) is 4.98 Å². The fourth-order valence-corrected chi connectivity index (χ4v) is 2.93. The molecule has 1 aliphatic heterocycles. The fourth-order valence-electron chi connectivity index (χ4n) is 2.93. The van der Waals surface area contributed by atoms with Crippen LogP contribution in [0.3, 0.4) is 0 Å². The zero-order valence-corrected chi connectivity index (χ0v) is 14.2. The summed E-state index contributed by atoms with van der Waals surface area (Å²) in [5.41, 5.74) is 1.12. The summed E-state index contributed by atoms with van der Waals surface area (Å²) in [6.45, 7) is 7.94. The molecule has 0 bridgehead atoms. The number of benzene rings is 1. The number of hydrogen-bond acceptors (Lipinski definition) is 6. The van der Waals surface area contributed by atoms with Gasteiger partial charge in [-0.2, -0.15) is 10.2 Å². The van der Waals surface area contributed by atoms with Gasteiger partial charge in [0.05, 0.1) is 18.8 Å². The third-order valence-electron chi connectivity index (χ3n) is 3.83. The Hall–Kier alpha value is -2.52. The van der Waals surface area contributed by atoms with E-state index in [2.05, 4.69) is 11.1 Å². The molecule has 3 rings (SSSR count). The summed E-state index contributed by atoms with van der Waals surface area (Å²) in [7, 11) is 0. The Morgan fingerprint density at radius 2 is 1.92 bits per heavy atom. The zero-order chi connectivity index (χ0) is 17.1. The van der Waals surface area contributed by atoms with E-state index in [1.807, 2.05) is 49.9 Å². The van der Waals surface area contributed by atoms with Crippen LogP contribution in [0.4, 0.5) is 5.88 Å². The van der Waals surface area contributed by atoms with E-state index in [4.69, 9.17) is 13.9 Å². The second-order valence-electron chi connectivity index (χ2n) is 5.90. The van der Waals surface area contributed by atoms with Crippen molar-refractivity contribution in [3.05, 3.63) is 30.0 Å². The van der Waals surface area contributed by atoms with Crippen LogP contribution in [0.1, 0.15) is 26.5 Å². The predicted octanol–water partition coefficient (Wildman–Crippen LogP) is 3.23. The minimum absolute atomic E-state index is 0.0827. The largest absolute Gasteiger partial charge is 0.494 e. The Balaban J connectivity index is 1.88. The van der Waals surface area contributed by atoms with Crippen molar-refractivity contribution in [3.8, 4) is 23.3 Å². The molecule has 1 aliphatic rings. The van der Waals surface area contributed by atoms with E-state index < -0.39 is 0 Å². The zero-order valence-electron chi connectivity index (χ0n) is 14.2. The molecule has 1 aromatic heterocycles. The van der Waals surface area contributed by atoms with Gasteiger partial charge in [0.2, 0.25) is 17.5 Å². The number of morpholine rings is 1. The van der Waals surface area contributed by atoms with Gasteiger partial charge in [0.15, 0.2) is 0 Å². The molecule has 0 amide bonds. The smallest absolute Gasteiger partial charge is 0.235 e. The lowest BCUT2D eigenvalue weighted by Gasteiger charge is -2.34. The molecule has 0 N–H and O–H groups in total. The minimum atomic E-state index is 0.0827. The second-order valence-corrected chi connectivity index (χ2v) is 5.90. The van der Waals surface area contributed by atoms with Crippen LogP contribution in [0.15, 0.2) is 28.7 Å². The van der Waals surface area contributed by atoms with Crippen molar-refractivity contribution in [1.29, 1.82) is 5.26 Å². The van der Waals surface area contributed by atoms with E-state index in [9.17, 15) is 5.26 Å². The first-order valence-electron chi connectivity index (χ1n) is 8.15. The monoisotopic (exact) mass is 327 g/mol. The normalized spacial score (nSPS) is 20.7. The van der Waals surface area contributed by atoms with Gasteiger partial charge in [-0.3, -0.25) is 0 Å². The molecular formula is C18H21N3O3. The molecule has 2 heterocycles. The third kappa shape index (κ3) is 3.36. The van der Waals surface area contributed by atoms with Gasteiger partial charge in [-0.05, 0) is 45.0 Å². The lowest BCUT2D eigenvalue weighted by Crippen LogP contribution is -2.45. The summed E-state index contributed by atoms with van der Waals surface area (Å²) in [6, 6.07) is 9.63. The summed E-state index contributed by atoms with van der Waals surface area (Å²) in [5, 5.41) is 9.40. The second kappa shape index (κ2) is 6.93. The highest BCUT2D eigenvalue weighted by atomic mass is 16.5. The number of ether oxygens (including phenoxy) is 2. The van der Waals surface area contributed by atoms with Crippen molar-refractivity contribution >= 4 is 5.88 Å². The van der Waals surface area contributed by atoms with Crippen LogP contribution >= 0.6 is 0 Å². The first-order chi connectivity index (χ1) is 11.6. The SMILES string of the molecule is CCOc1ccc(-c2nc(C#N)c(N3C[C@@H](C)O[C@@H](C)C3)o2)cc1. The summed E-state index contributed by atoms with van der Waals surface area (Å²) in [5.74, 6) is 1.75. The molecule has 1 fully saturated rings. The number of anilines is 1. The number of aromatic nitrogens is 1. The molecule has 24 heavy (non-hydrogen) atoms. The average molecular weight is 327 g/mol. The first-order valence-corrected chi connectivity index (χ1v) is 8.15. The van der Waals surface area contributed by atoms with Gasteiger partial charge in [0.25, 0.3) is 0 Å². The van der Waals surface area contributed by atoms with E-state index in [1.165, 1.54) is 0 Å². The predicted molar refractivity (Wildman–Crippen MR) is 90.0 cm³/mol. The van der Waals surface area contributed by atoms with Gasteiger partial charge in [0.1, 0.15) is 11.8 Å². The Labute approximate surface area is 141 Å². The van der Waals surface area contributed by atoms with Gasteiger partial charge in [0, 0.05) is 18.7 Å². The quantitative estimate of drug-likeness (QED) is 0.858. The van der Waals surface area contributed by atoms with Crippen molar-refractivity contribution in [2.24, 2.45) is 0 Å². The topological polar surface area (TPSA) is 71.5 Å². The summed E-state index contributed by atoms with van der Waals surface area (Å²) in [4.78, 5) is 6.38.